The number of carboxylic acids is 1. The molecule has 0 aliphatic carbocycles. The lowest BCUT2D eigenvalue weighted by molar-refractivity contribution is -0.138. The zero-order valence-electron chi connectivity index (χ0n) is 12.3. The predicted molar refractivity (Wildman–Crippen MR) is 80.7 cm³/mol. The van der Waals surface area contributed by atoms with E-state index in [1.165, 1.54) is 0 Å². The minimum Gasteiger partial charge on any atom is -0.480 e. The van der Waals surface area contributed by atoms with Crippen molar-refractivity contribution in [3.63, 3.8) is 0 Å². The molecule has 1 aromatic carbocycles. The van der Waals surface area contributed by atoms with E-state index in [-0.39, 0.29) is 0 Å². The Morgan fingerprint density at radius 3 is 2.15 bits per heavy atom. The van der Waals surface area contributed by atoms with E-state index in [1.54, 1.807) is 0 Å². The van der Waals surface area contributed by atoms with E-state index < -0.39 is 20.5 Å². The maximum atomic E-state index is 10.7. The Bertz CT molecular complexity index is 429. The molecule has 1 aromatic rings. The summed E-state index contributed by atoms with van der Waals surface area (Å²) in [5.74, 6) is -0.236. The summed E-state index contributed by atoms with van der Waals surface area (Å²) in [4.78, 5) is 10.7. The lowest BCUT2D eigenvalue weighted by Gasteiger charge is -2.28. The van der Waals surface area contributed by atoms with Crippen LogP contribution in [0.3, 0.4) is 0 Å². The van der Waals surface area contributed by atoms with E-state index in [4.69, 9.17) is 15.4 Å². The SMILES string of the molecule is CN(C)P(Oc1ccc(CC(N)C(=O)O)cc1)N(C)C. The molecule has 1 rings (SSSR count). The monoisotopic (exact) mass is 299 g/mol. The van der Waals surface area contributed by atoms with Crippen molar-refractivity contribution < 1.29 is 14.4 Å². The van der Waals surface area contributed by atoms with Gasteiger partial charge in [0.2, 0.25) is 8.45 Å². The van der Waals surface area contributed by atoms with Crippen LogP contribution in [0.4, 0.5) is 0 Å². The first-order valence-electron chi connectivity index (χ1n) is 6.21. The molecule has 0 saturated carbocycles. The summed E-state index contributed by atoms with van der Waals surface area (Å²) in [5.41, 5.74) is 6.39. The van der Waals surface area contributed by atoms with E-state index >= 15 is 0 Å². The molecule has 112 valence electrons. The molecule has 0 bridgehead atoms. The summed E-state index contributed by atoms with van der Waals surface area (Å²) >= 11 is 0. The normalized spacial score (nSPS) is 13.0. The van der Waals surface area contributed by atoms with Gasteiger partial charge in [0.25, 0.3) is 0 Å². The van der Waals surface area contributed by atoms with Crippen LogP contribution in [0.2, 0.25) is 0 Å². The fourth-order valence-corrected chi connectivity index (χ4v) is 3.00. The standard InChI is InChI=1S/C13H22N3O3P/c1-15(2)20(16(3)4)19-11-7-5-10(6-8-11)9-12(14)13(17)18/h5-8,12H,9,14H2,1-4H3,(H,17,18). The van der Waals surface area contributed by atoms with Crippen LogP contribution in [0.5, 0.6) is 5.75 Å². The van der Waals surface area contributed by atoms with Gasteiger partial charge in [-0.2, -0.15) is 0 Å². The zero-order chi connectivity index (χ0) is 15.3. The van der Waals surface area contributed by atoms with Crippen LogP contribution >= 0.6 is 8.45 Å². The topological polar surface area (TPSA) is 79.0 Å². The molecule has 0 spiro atoms. The number of hydrogen-bond donors (Lipinski definition) is 2. The summed E-state index contributed by atoms with van der Waals surface area (Å²) in [5, 5.41) is 8.78. The lowest BCUT2D eigenvalue weighted by Crippen LogP contribution is -2.32. The van der Waals surface area contributed by atoms with Crippen molar-refractivity contribution in [1.82, 2.24) is 9.34 Å². The zero-order valence-corrected chi connectivity index (χ0v) is 13.2. The smallest absolute Gasteiger partial charge is 0.320 e. The second-order valence-electron chi connectivity index (χ2n) is 4.83. The molecule has 0 amide bonds. The average molecular weight is 299 g/mol. The Balaban J connectivity index is 2.69. The average Bonchev–Trinajstić information content (AvgIpc) is 2.36. The van der Waals surface area contributed by atoms with Gasteiger partial charge in [0.15, 0.2) is 0 Å². The fourth-order valence-electron chi connectivity index (χ4n) is 1.64. The van der Waals surface area contributed by atoms with Gasteiger partial charge in [-0.15, -0.1) is 0 Å². The molecule has 3 N–H and O–H groups in total. The first-order chi connectivity index (χ1) is 9.31. The Labute approximate surface area is 121 Å². The number of benzene rings is 1. The summed E-state index contributed by atoms with van der Waals surface area (Å²) in [6.07, 6.45) is 0.311. The van der Waals surface area contributed by atoms with Gasteiger partial charge in [0.1, 0.15) is 11.8 Å². The molecular formula is C13H22N3O3P. The van der Waals surface area contributed by atoms with Crippen LogP contribution in [0, 0.1) is 0 Å². The first-order valence-corrected chi connectivity index (χ1v) is 7.37. The molecule has 7 heteroatoms. The quantitative estimate of drug-likeness (QED) is 0.740. The van der Waals surface area contributed by atoms with E-state index in [0.29, 0.717) is 6.42 Å². The molecule has 0 saturated heterocycles. The maximum absolute atomic E-state index is 10.7. The third-order valence-electron chi connectivity index (χ3n) is 2.57. The highest BCUT2D eigenvalue weighted by molar-refractivity contribution is 7.47. The summed E-state index contributed by atoms with van der Waals surface area (Å²) in [7, 11) is 7.01. The van der Waals surface area contributed by atoms with Crippen molar-refractivity contribution in [2.45, 2.75) is 12.5 Å². The number of aliphatic carboxylic acids is 1. The number of hydrogen-bond acceptors (Lipinski definition) is 5. The summed E-state index contributed by atoms with van der Waals surface area (Å²) in [6, 6.07) is 6.49. The Morgan fingerprint density at radius 1 is 1.25 bits per heavy atom. The molecule has 1 unspecified atom stereocenters. The molecule has 0 aliphatic heterocycles. The van der Waals surface area contributed by atoms with E-state index in [0.717, 1.165) is 11.3 Å². The highest BCUT2D eigenvalue weighted by Crippen LogP contribution is 2.41. The number of nitrogens with two attached hydrogens (primary N) is 1. The maximum Gasteiger partial charge on any atom is 0.320 e. The molecule has 0 aromatic heterocycles. The molecule has 0 aliphatic rings. The lowest BCUT2D eigenvalue weighted by atomic mass is 10.1. The second kappa shape index (κ2) is 7.55. The van der Waals surface area contributed by atoms with Crippen molar-refractivity contribution >= 4 is 14.4 Å². The number of rotatable bonds is 7. The number of carboxylic acid groups (broad SMARTS) is 1. The Kier molecular flexibility index (Phi) is 6.36. The van der Waals surface area contributed by atoms with Gasteiger partial charge in [-0.1, -0.05) is 12.1 Å². The van der Waals surface area contributed by atoms with Crippen LogP contribution in [-0.2, 0) is 11.2 Å². The van der Waals surface area contributed by atoms with Crippen molar-refractivity contribution in [1.29, 1.82) is 0 Å². The Morgan fingerprint density at radius 2 is 1.75 bits per heavy atom. The van der Waals surface area contributed by atoms with E-state index in [1.807, 2.05) is 61.8 Å². The minimum atomic E-state index is -0.992. The van der Waals surface area contributed by atoms with Crippen LogP contribution in [0.1, 0.15) is 5.56 Å². The van der Waals surface area contributed by atoms with Gasteiger partial charge >= 0.3 is 5.97 Å². The van der Waals surface area contributed by atoms with Crippen molar-refractivity contribution in [2.75, 3.05) is 28.2 Å². The molecular weight excluding hydrogens is 277 g/mol. The predicted octanol–water partition coefficient (Wildman–Crippen LogP) is 1.37. The highest BCUT2D eigenvalue weighted by Gasteiger charge is 2.17. The van der Waals surface area contributed by atoms with Crippen molar-refractivity contribution in [2.24, 2.45) is 5.73 Å². The fraction of sp³-hybridized carbons (Fsp3) is 0.462. The highest BCUT2D eigenvalue weighted by atomic mass is 31.2. The van der Waals surface area contributed by atoms with Crippen LogP contribution < -0.4 is 10.3 Å². The van der Waals surface area contributed by atoms with Gasteiger partial charge in [-0.3, -0.25) is 4.79 Å². The van der Waals surface area contributed by atoms with Crippen molar-refractivity contribution in [3.05, 3.63) is 29.8 Å². The van der Waals surface area contributed by atoms with Gasteiger partial charge in [0, 0.05) is 0 Å². The van der Waals surface area contributed by atoms with Gasteiger partial charge in [-0.05, 0) is 52.3 Å². The van der Waals surface area contributed by atoms with Crippen molar-refractivity contribution in [3.8, 4) is 5.75 Å². The molecule has 20 heavy (non-hydrogen) atoms. The first kappa shape index (κ1) is 16.9. The Hall–Kier alpha value is -1.20. The molecule has 0 fully saturated rings. The van der Waals surface area contributed by atoms with Gasteiger partial charge in [0.05, 0.1) is 0 Å². The molecule has 0 heterocycles. The van der Waals surface area contributed by atoms with Gasteiger partial charge in [-0.25, -0.2) is 9.34 Å². The van der Waals surface area contributed by atoms with Crippen LogP contribution in [-0.4, -0.2) is 54.6 Å². The van der Waals surface area contributed by atoms with E-state index in [2.05, 4.69) is 0 Å². The van der Waals surface area contributed by atoms with Gasteiger partial charge < -0.3 is 15.4 Å². The summed E-state index contributed by atoms with van der Waals surface area (Å²) < 4.78 is 9.95. The number of carbonyl (C=O) groups is 1. The molecule has 0 radical (unpaired) electrons. The third kappa shape index (κ3) is 5.06. The molecule has 1 atom stereocenters. The largest absolute Gasteiger partial charge is 0.480 e. The van der Waals surface area contributed by atoms with E-state index in [9.17, 15) is 4.79 Å². The summed E-state index contributed by atoms with van der Waals surface area (Å²) in [6.45, 7) is 0. The molecule has 6 nitrogen and oxygen atoms in total. The van der Waals surface area contributed by atoms with Crippen LogP contribution in [0.25, 0.3) is 0 Å². The number of nitrogens with zero attached hydrogens (tertiary/aromatic N) is 2. The third-order valence-corrected chi connectivity index (χ3v) is 4.31. The minimum absolute atomic E-state index is 0.311. The second-order valence-corrected chi connectivity index (χ2v) is 7.12. The van der Waals surface area contributed by atoms with Crippen LogP contribution in [0.15, 0.2) is 24.3 Å².